The van der Waals surface area contributed by atoms with Gasteiger partial charge in [0.1, 0.15) is 0 Å². The van der Waals surface area contributed by atoms with Gasteiger partial charge in [0.05, 0.1) is 11.3 Å². The SMILES string of the molecule is O=C(Nc1ccc(=O)n(-c2ccccc2)c1)c1ccccc1Br. The Morgan fingerprint density at radius 1 is 0.913 bits per heavy atom. The Balaban J connectivity index is 1.92. The number of hydrogen-bond donors (Lipinski definition) is 1. The summed E-state index contributed by atoms with van der Waals surface area (Å²) in [4.78, 5) is 24.4. The van der Waals surface area contributed by atoms with E-state index in [9.17, 15) is 9.59 Å². The summed E-state index contributed by atoms with van der Waals surface area (Å²) in [6.45, 7) is 0. The van der Waals surface area contributed by atoms with E-state index in [1.165, 1.54) is 10.6 Å². The summed E-state index contributed by atoms with van der Waals surface area (Å²) in [6.07, 6.45) is 1.62. The zero-order chi connectivity index (χ0) is 16.2. The van der Waals surface area contributed by atoms with Crippen molar-refractivity contribution < 1.29 is 4.79 Å². The molecule has 5 heteroatoms. The molecule has 1 heterocycles. The quantitative estimate of drug-likeness (QED) is 0.763. The standard InChI is InChI=1S/C18H13BrN2O2/c19-16-9-5-4-8-15(16)18(23)20-13-10-11-17(22)21(12-13)14-6-2-1-3-7-14/h1-12H,(H,20,23). The predicted molar refractivity (Wildman–Crippen MR) is 94.1 cm³/mol. The summed E-state index contributed by atoms with van der Waals surface area (Å²) in [5, 5.41) is 2.81. The fraction of sp³-hybridized carbons (Fsp3) is 0. The Morgan fingerprint density at radius 2 is 1.61 bits per heavy atom. The molecule has 0 saturated heterocycles. The van der Waals surface area contributed by atoms with Gasteiger partial charge in [-0.15, -0.1) is 0 Å². The van der Waals surface area contributed by atoms with Crippen LogP contribution in [-0.4, -0.2) is 10.5 Å². The first-order valence-electron chi connectivity index (χ1n) is 6.99. The number of rotatable bonds is 3. The minimum atomic E-state index is -0.240. The average Bonchev–Trinajstić information content (AvgIpc) is 2.57. The minimum Gasteiger partial charge on any atom is -0.321 e. The highest BCUT2D eigenvalue weighted by Crippen LogP contribution is 2.18. The summed E-state index contributed by atoms with van der Waals surface area (Å²) < 4.78 is 2.21. The molecule has 0 bridgehead atoms. The first-order chi connectivity index (χ1) is 11.1. The Labute approximate surface area is 141 Å². The van der Waals surface area contributed by atoms with E-state index in [4.69, 9.17) is 0 Å². The monoisotopic (exact) mass is 368 g/mol. The zero-order valence-electron chi connectivity index (χ0n) is 12.1. The molecule has 1 N–H and O–H groups in total. The largest absolute Gasteiger partial charge is 0.321 e. The van der Waals surface area contributed by atoms with Crippen LogP contribution in [0.2, 0.25) is 0 Å². The molecule has 0 aliphatic carbocycles. The molecule has 0 saturated carbocycles. The Morgan fingerprint density at radius 3 is 2.35 bits per heavy atom. The molecule has 0 unspecified atom stereocenters. The average molecular weight is 369 g/mol. The highest BCUT2D eigenvalue weighted by molar-refractivity contribution is 9.10. The van der Waals surface area contributed by atoms with Crippen LogP contribution in [0.5, 0.6) is 0 Å². The van der Waals surface area contributed by atoms with Gasteiger partial charge in [-0.05, 0) is 46.3 Å². The Hall–Kier alpha value is -2.66. The molecule has 0 spiro atoms. The maximum absolute atomic E-state index is 12.3. The van der Waals surface area contributed by atoms with Gasteiger partial charge < -0.3 is 5.32 Å². The Kier molecular flexibility index (Phi) is 4.39. The molecular weight excluding hydrogens is 356 g/mol. The van der Waals surface area contributed by atoms with E-state index in [2.05, 4.69) is 21.2 Å². The molecular formula is C18H13BrN2O2. The summed E-state index contributed by atoms with van der Waals surface area (Å²) >= 11 is 3.36. The number of aromatic nitrogens is 1. The van der Waals surface area contributed by atoms with E-state index in [1.807, 2.05) is 36.4 Å². The van der Waals surface area contributed by atoms with E-state index in [-0.39, 0.29) is 11.5 Å². The predicted octanol–water partition coefficient (Wildman–Crippen LogP) is 3.85. The molecule has 0 fully saturated rings. The summed E-state index contributed by atoms with van der Waals surface area (Å²) in [6, 6.07) is 19.5. The van der Waals surface area contributed by atoms with E-state index in [1.54, 1.807) is 30.5 Å². The van der Waals surface area contributed by atoms with Crippen molar-refractivity contribution in [3.63, 3.8) is 0 Å². The maximum atomic E-state index is 12.3. The number of para-hydroxylation sites is 1. The fourth-order valence-electron chi connectivity index (χ4n) is 2.20. The van der Waals surface area contributed by atoms with Crippen molar-refractivity contribution in [1.29, 1.82) is 0 Å². The third-order valence-corrected chi connectivity index (χ3v) is 4.01. The number of nitrogens with one attached hydrogen (secondary N) is 1. The topological polar surface area (TPSA) is 51.1 Å². The van der Waals surface area contributed by atoms with Gasteiger partial charge in [0.25, 0.3) is 11.5 Å². The molecule has 0 radical (unpaired) electrons. The van der Waals surface area contributed by atoms with Crippen LogP contribution in [0, 0.1) is 0 Å². The lowest BCUT2D eigenvalue weighted by molar-refractivity contribution is 0.102. The molecule has 114 valence electrons. The third kappa shape index (κ3) is 3.40. The second kappa shape index (κ2) is 6.62. The lowest BCUT2D eigenvalue weighted by Crippen LogP contribution is -2.19. The van der Waals surface area contributed by atoms with Crippen LogP contribution in [0.1, 0.15) is 10.4 Å². The molecule has 1 amide bonds. The highest BCUT2D eigenvalue weighted by Gasteiger charge is 2.10. The van der Waals surface area contributed by atoms with Crippen LogP contribution < -0.4 is 10.9 Å². The number of nitrogens with zero attached hydrogens (tertiary/aromatic N) is 1. The molecule has 0 aliphatic rings. The van der Waals surface area contributed by atoms with Crippen molar-refractivity contribution in [3.05, 3.63) is 93.3 Å². The van der Waals surface area contributed by atoms with Crippen molar-refractivity contribution in [2.75, 3.05) is 5.32 Å². The van der Waals surface area contributed by atoms with E-state index in [0.717, 1.165) is 5.69 Å². The van der Waals surface area contributed by atoms with Crippen molar-refractivity contribution in [2.45, 2.75) is 0 Å². The first-order valence-corrected chi connectivity index (χ1v) is 7.78. The smallest absolute Gasteiger partial charge is 0.256 e. The van der Waals surface area contributed by atoms with Gasteiger partial charge in [0.2, 0.25) is 0 Å². The number of halogens is 1. The highest BCUT2D eigenvalue weighted by atomic mass is 79.9. The molecule has 2 aromatic carbocycles. The van der Waals surface area contributed by atoms with Gasteiger partial charge in [-0.25, -0.2) is 0 Å². The van der Waals surface area contributed by atoms with Gasteiger partial charge in [0.15, 0.2) is 0 Å². The van der Waals surface area contributed by atoms with E-state index >= 15 is 0 Å². The third-order valence-electron chi connectivity index (χ3n) is 3.32. The minimum absolute atomic E-state index is 0.157. The van der Waals surface area contributed by atoms with Gasteiger partial charge in [-0.1, -0.05) is 30.3 Å². The lowest BCUT2D eigenvalue weighted by atomic mass is 10.2. The zero-order valence-corrected chi connectivity index (χ0v) is 13.7. The number of anilines is 1. The van der Waals surface area contributed by atoms with Gasteiger partial charge in [-0.2, -0.15) is 0 Å². The van der Waals surface area contributed by atoms with Crippen LogP contribution in [0.3, 0.4) is 0 Å². The van der Waals surface area contributed by atoms with Crippen LogP contribution in [0.15, 0.2) is 82.2 Å². The van der Waals surface area contributed by atoms with Crippen molar-refractivity contribution in [2.24, 2.45) is 0 Å². The summed E-state index contributed by atoms with van der Waals surface area (Å²) in [5.41, 5.74) is 1.67. The fourth-order valence-corrected chi connectivity index (χ4v) is 2.66. The van der Waals surface area contributed by atoms with Gasteiger partial charge >= 0.3 is 0 Å². The van der Waals surface area contributed by atoms with Crippen LogP contribution in [-0.2, 0) is 0 Å². The van der Waals surface area contributed by atoms with E-state index < -0.39 is 0 Å². The first kappa shape index (κ1) is 15.2. The number of amides is 1. The van der Waals surface area contributed by atoms with E-state index in [0.29, 0.717) is 15.7 Å². The molecule has 1 aromatic heterocycles. The summed E-state index contributed by atoms with van der Waals surface area (Å²) in [5.74, 6) is -0.240. The molecule has 3 aromatic rings. The van der Waals surface area contributed by atoms with Gasteiger partial charge in [0, 0.05) is 22.4 Å². The molecule has 23 heavy (non-hydrogen) atoms. The van der Waals surface area contributed by atoms with Gasteiger partial charge in [-0.3, -0.25) is 14.2 Å². The lowest BCUT2D eigenvalue weighted by Gasteiger charge is -2.10. The maximum Gasteiger partial charge on any atom is 0.256 e. The van der Waals surface area contributed by atoms with Crippen molar-refractivity contribution >= 4 is 27.5 Å². The molecule has 4 nitrogen and oxygen atoms in total. The normalized spacial score (nSPS) is 10.3. The van der Waals surface area contributed by atoms with Crippen molar-refractivity contribution in [1.82, 2.24) is 4.57 Å². The number of carbonyl (C=O) groups is 1. The second-order valence-corrected chi connectivity index (χ2v) is 5.75. The van der Waals surface area contributed by atoms with Crippen molar-refractivity contribution in [3.8, 4) is 5.69 Å². The molecule has 3 rings (SSSR count). The Bertz CT molecular complexity index is 904. The summed E-state index contributed by atoms with van der Waals surface area (Å²) in [7, 11) is 0. The van der Waals surface area contributed by atoms with Crippen LogP contribution in [0.4, 0.5) is 5.69 Å². The number of carbonyl (C=O) groups excluding carboxylic acids is 1. The number of hydrogen-bond acceptors (Lipinski definition) is 2. The van der Waals surface area contributed by atoms with Crippen LogP contribution >= 0.6 is 15.9 Å². The second-order valence-electron chi connectivity index (χ2n) is 4.90. The molecule has 0 aliphatic heterocycles. The van der Waals surface area contributed by atoms with Crippen LogP contribution in [0.25, 0.3) is 5.69 Å². The number of benzene rings is 2. The molecule has 0 atom stereocenters. The number of pyridine rings is 1.